The number of hydrogen-bond acceptors (Lipinski definition) is 4. The van der Waals surface area contributed by atoms with Crippen molar-refractivity contribution in [1.82, 2.24) is 14.6 Å². The molecule has 2 heterocycles. The number of benzene rings is 2. The Morgan fingerprint density at radius 3 is 2.63 bits per heavy atom. The van der Waals surface area contributed by atoms with Crippen LogP contribution in [-0.4, -0.2) is 20.5 Å². The van der Waals surface area contributed by atoms with Gasteiger partial charge < -0.3 is 10.6 Å². The van der Waals surface area contributed by atoms with Gasteiger partial charge in [-0.2, -0.15) is 9.61 Å². The molecule has 0 bridgehead atoms. The molecular weight excluding hydrogens is 526 g/mol. The van der Waals surface area contributed by atoms with Gasteiger partial charge in [0.1, 0.15) is 5.82 Å². The quantitative estimate of drug-likeness (QED) is 0.252. The molecule has 5 rings (SSSR count). The van der Waals surface area contributed by atoms with Gasteiger partial charge in [-0.05, 0) is 58.5 Å². The fourth-order valence-corrected chi connectivity index (χ4v) is 5.21. The predicted molar refractivity (Wildman–Crippen MR) is 145 cm³/mol. The number of aromatic nitrogens is 3. The Balaban J connectivity index is 1.28. The summed E-state index contributed by atoms with van der Waals surface area (Å²) in [5.74, 6) is 1.45. The summed E-state index contributed by atoms with van der Waals surface area (Å²) in [5.41, 5.74) is 4.26. The van der Waals surface area contributed by atoms with Crippen molar-refractivity contribution < 1.29 is 4.79 Å². The number of fused-ring (bicyclic) bond motifs is 1. The van der Waals surface area contributed by atoms with Crippen LogP contribution in [0.1, 0.15) is 44.1 Å². The van der Waals surface area contributed by atoms with E-state index in [1.165, 1.54) is 32.1 Å². The van der Waals surface area contributed by atoms with Gasteiger partial charge in [0.25, 0.3) is 0 Å². The number of nitrogens with zero attached hydrogens (tertiary/aromatic N) is 3. The lowest BCUT2D eigenvalue weighted by molar-refractivity contribution is -0.117. The second-order valence-corrected chi connectivity index (χ2v) is 10.3. The van der Waals surface area contributed by atoms with Crippen molar-refractivity contribution in [1.29, 1.82) is 0 Å². The van der Waals surface area contributed by atoms with Crippen LogP contribution in [-0.2, 0) is 11.3 Å². The molecule has 4 aromatic rings. The lowest BCUT2D eigenvalue weighted by Gasteiger charge is -2.20. The van der Waals surface area contributed by atoms with Gasteiger partial charge in [0.2, 0.25) is 5.91 Å². The third-order valence-corrected chi connectivity index (χ3v) is 7.38. The van der Waals surface area contributed by atoms with Crippen LogP contribution in [0.25, 0.3) is 16.9 Å². The zero-order valence-corrected chi connectivity index (χ0v) is 21.6. The van der Waals surface area contributed by atoms with Gasteiger partial charge in [0.15, 0.2) is 5.65 Å². The first-order valence-corrected chi connectivity index (χ1v) is 13.2. The van der Waals surface area contributed by atoms with Crippen LogP contribution in [0.5, 0.6) is 0 Å². The molecule has 0 unspecified atom stereocenters. The second-order valence-electron chi connectivity index (χ2n) is 9.04. The number of halogens is 2. The van der Waals surface area contributed by atoms with E-state index in [0.29, 0.717) is 29.6 Å². The average Bonchev–Trinajstić information content (AvgIpc) is 3.25. The highest BCUT2D eigenvalue weighted by Crippen LogP contribution is 2.30. The number of rotatable bonds is 7. The van der Waals surface area contributed by atoms with E-state index in [0.717, 1.165) is 32.8 Å². The number of amides is 1. The normalized spacial score (nSPS) is 14.2. The molecule has 1 saturated carbocycles. The topological polar surface area (TPSA) is 71.3 Å². The third kappa shape index (κ3) is 5.68. The van der Waals surface area contributed by atoms with Gasteiger partial charge >= 0.3 is 0 Å². The molecule has 2 aromatic heterocycles. The first kappa shape index (κ1) is 23.8. The standard InChI is InChI=1S/C27H27BrClN5O/c28-22-17-31-34-25(15-24(33-27(22)34)21-8-4-5-9-23(21)29)30-16-19-10-12-20(13-11-19)32-26(35)14-18-6-2-1-3-7-18/h4-5,8-13,15,17-18,30H,1-3,6-7,14,16H2,(H,32,35). The Hall–Kier alpha value is -2.90. The lowest BCUT2D eigenvalue weighted by atomic mass is 9.87. The molecule has 0 spiro atoms. The van der Waals surface area contributed by atoms with E-state index in [9.17, 15) is 4.79 Å². The molecule has 2 N–H and O–H groups in total. The summed E-state index contributed by atoms with van der Waals surface area (Å²) in [6.45, 7) is 0.592. The van der Waals surface area contributed by atoms with Crippen molar-refractivity contribution in [2.75, 3.05) is 10.6 Å². The first-order valence-electron chi connectivity index (χ1n) is 12.0. The molecule has 0 radical (unpaired) electrons. The van der Waals surface area contributed by atoms with Gasteiger partial charge in [-0.1, -0.05) is 61.2 Å². The molecule has 1 fully saturated rings. The van der Waals surface area contributed by atoms with Crippen molar-refractivity contribution in [2.24, 2.45) is 5.92 Å². The Kier molecular flexibility index (Phi) is 7.35. The summed E-state index contributed by atoms with van der Waals surface area (Å²) in [6, 6.07) is 17.6. The Morgan fingerprint density at radius 2 is 1.86 bits per heavy atom. The van der Waals surface area contributed by atoms with E-state index in [1.807, 2.05) is 54.6 Å². The van der Waals surface area contributed by atoms with Crippen LogP contribution >= 0.6 is 27.5 Å². The molecule has 1 aliphatic carbocycles. The maximum Gasteiger partial charge on any atom is 0.224 e. The minimum absolute atomic E-state index is 0.110. The highest BCUT2D eigenvalue weighted by molar-refractivity contribution is 9.10. The van der Waals surface area contributed by atoms with Crippen molar-refractivity contribution >= 4 is 50.6 Å². The Bertz CT molecular complexity index is 1330. The summed E-state index contributed by atoms with van der Waals surface area (Å²) in [4.78, 5) is 17.2. The smallest absolute Gasteiger partial charge is 0.224 e. The van der Waals surface area contributed by atoms with Crippen LogP contribution in [0, 0.1) is 5.92 Å². The summed E-state index contributed by atoms with van der Waals surface area (Å²) in [6.07, 6.45) is 8.50. The van der Waals surface area contributed by atoms with Crippen molar-refractivity contribution in [3.05, 3.63) is 75.9 Å². The molecule has 1 amide bonds. The maximum atomic E-state index is 12.4. The number of hydrogen-bond donors (Lipinski definition) is 2. The van der Waals surface area contributed by atoms with Gasteiger partial charge in [-0.25, -0.2) is 4.98 Å². The van der Waals surface area contributed by atoms with Crippen molar-refractivity contribution in [2.45, 2.75) is 45.1 Å². The van der Waals surface area contributed by atoms with Crippen LogP contribution in [0.4, 0.5) is 11.5 Å². The first-order chi connectivity index (χ1) is 17.1. The molecule has 1 aliphatic rings. The van der Waals surface area contributed by atoms with Gasteiger partial charge in [-0.15, -0.1) is 0 Å². The molecule has 0 atom stereocenters. The van der Waals surface area contributed by atoms with Crippen LogP contribution in [0.2, 0.25) is 5.02 Å². The molecule has 2 aromatic carbocycles. The molecule has 0 aliphatic heterocycles. The Labute approximate surface area is 218 Å². The van der Waals surface area contributed by atoms with Crippen LogP contribution in [0.3, 0.4) is 0 Å². The number of carbonyl (C=O) groups excluding carboxylic acids is 1. The molecule has 0 saturated heterocycles. The summed E-state index contributed by atoms with van der Waals surface area (Å²) < 4.78 is 2.58. The van der Waals surface area contributed by atoms with Gasteiger partial charge in [-0.3, -0.25) is 4.79 Å². The molecule has 6 nitrogen and oxygen atoms in total. The van der Waals surface area contributed by atoms with E-state index in [-0.39, 0.29) is 5.91 Å². The van der Waals surface area contributed by atoms with E-state index in [4.69, 9.17) is 16.6 Å². The Morgan fingerprint density at radius 1 is 1.09 bits per heavy atom. The highest BCUT2D eigenvalue weighted by Gasteiger charge is 2.17. The zero-order valence-electron chi connectivity index (χ0n) is 19.3. The second kappa shape index (κ2) is 10.8. The monoisotopic (exact) mass is 551 g/mol. The third-order valence-electron chi connectivity index (χ3n) is 6.49. The van der Waals surface area contributed by atoms with E-state index < -0.39 is 0 Å². The molecule has 35 heavy (non-hydrogen) atoms. The minimum Gasteiger partial charge on any atom is -0.366 e. The summed E-state index contributed by atoms with van der Waals surface area (Å²) >= 11 is 9.97. The van der Waals surface area contributed by atoms with Crippen LogP contribution in [0.15, 0.2) is 65.3 Å². The molecular formula is C27H27BrClN5O. The van der Waals surface area contributed by atoms with Crippen LogP contribution < -0.4 is 10.6 Å². The van der Waals surface area contributed by atoms with Crippen molar-refractivity contribution in [3.8, 4) is 11.3 Å². The van der Waals surface area contributed by atoms with Gasteiger partial charge in [0.05, 0.1) is 16.4 Å². The zero-order chi connectivity index (χ0) is 24.2. The van der Waals surface area contributed by atoms with E-state index >= 15 is 0 Å². The fourth-order valence-electron chi connectivity index (χ4n) is 4.63. The van der Waals surface area contributed by atoms with Crippen molar-refractivity contribution in [3.63, 3.8) is 0 Å². The average molecular weight is 553 g/mol. The predicted octanol–water partition coefficient (Wildman–Crippen LogP) is 7.33. The maximum absolute atomic E-state index is 12.4. The number of anilines is 2. The number of carbonyl (C=O) groups is 1. The highest BCUT2D eigenvalue weighted by atomic mass is 79.9. The molecule has 180 valence electrons. The van der Waals surface area contributed by atoms with E-state index in [1.54, 1.807) is 10.7 Å². The lowest BCUT2D eigenvalue weighted by Crippen LogP contribution is -2.18. The summed E-state index contributed by atoms with van der Waals surface area (Å²) in [5, 5.41) is 11.6. The van der Waals surface area contributed by atoms with E-state index in [2.05, 4.69) is 31.7 Å². The largest absolute Gasteiger partial charge is 0.366 e. The number of nitrogens with one attached hydrogen (secondary N) is 2. The minimum atomic E-state index is 0.110. The fraction of sp³-hybridized carbons (Fsp3) is 0.296. The molecule has 8 heteroatoms. The summed E-state index contributed by atoms with van der Waals surface area (Å²) in [7, 11) is 0. The SMILES string of the molecule is O=C(CC1CCCCC1)Nc1ccc(CNc2cc(-c3ccccc3Cl)nc3c(Br)cnn23)cc1. The van der Waals surface area contributed by atoms with Gasteiger partial charge in [0, 0.05) is 35.3 Å².